The van der Waals surface area contributed by atoms with E-state index in [1.807, 2.05) is 43.4 Å². The van der Waals surface area contributed by atoms with Crippen molar-refractivity contribution in [2.75, 3.05) is 0 Å². The fraction of sp³-hybridized carbons (Fsp3) is 0.474. The van der Waals surface area contributed by atoms with Gasteiger partial charge in [0, 0.05) is 6.42 Å². The SMILES string of the molecule is C=CCc1ccc(CC(C(=O)O)N(C(=O)OC(C)(C)C)[SiH](C)C)cc1. The first-order valence-electron chi connectivity index (χ1n) is 8.48. The van der Waals surface area contributed by atoms with Gasteiger partial charge in [-0.1, -0.05) is 43.4 Å². The first-order chi connectivity index (χ1) is 11.5. The van der Waals surface area contributed by atoms with Crippen LogP contribution in [0.25, 0.3) is 0 Å². The lowest BCUT2D eigenvalue weighted by Gasteiger charge is -2.34. The van der Waals surface area contributed by atoms with Gasteiger partial charge in [0.2, 0.25) is 0 Å². The monoisotopic (exact) mass is 363 g/mol. The Bertz CT molecular complexity index is 605. The summed E-state index contributed by atoms with van der Waals surface area (Å²) in [6.07, 6.45) is 2.30. The summed E-state index contributed by atoms with van der Waals surface area (Å²) in [5.74, 6) is -1.01. The van der Waals surface area contributed by atoms with Crippen molar-refractivity contribution in [2.24, 2.45) is 0 Å². The van der Waals surface area contributed by atoms with Crippen LogP contribution in [0.1, 0.15) is 31.9 Å². The van der Waals surface area contributed by atoms with Gasteiger partial charge in [-0.2, -0.15) is 0 Å². The lowest BCUT2D eigenvalue weighted by molar-refractivity contribution is -0.141. The molecule has 1 aromatic rings. The fourth-order valence-electron chi connectivity index (χ4n) is 2.52. The van der Waals surface area contributed by atoms with E-state index in [2.05, 4.69) is 6.58 Å². The van der Waals surface area contributed by atoms with Crippen LogP contribution in [-0.4, -0.2) is 42.3 Å². The molecule has 6 heteroatoms. The number of carboxylic acids is 1. The number of nitrogens with zero attached hydrogens (tertiary/aromatic N) is 1. The van der Waals surface area contributed by atoms with E-state index in [1.54, 1.807) is 20.8 Å². The molecule has 0 fully saturated rings. The molecule has 25 heavy (non-hydrogen) atoms. The molecule has 0 spiro atoms. The molecular formula is C19H29NO4Si. The molecular weight excluding hydrogens is 334 g/mol. The van der Waals surface area contributed by atoms with Crippen LogP contribution in [0.3, 0.4) is 0 Å². The first-order valence-corrected chi connectivity index (χ1v) is 11.3. The van der Waals surface area contributed by atoms with Gasteiger partial charge < -0.3 is 14.4 Å². The molecule has 0 bridgehead atoms. The lowest BCUT2D eigenvalue weighted by Crippen LogP contribution is -2.53. The van der Waals surface area contributed by atoms with Gasteiger partial charge in [-0.25, -0.2) is 4.79 Å². The van der Waals surface area contributed by atoms with Gasteiger partial charge in [0.1, 0.15) is 20.6 Å². The average Bonchev–Trinajstić information content (AvgIpc) is 2.46. The second kappa shape index (κ2) is 8.85. The Labute approximate surface area is 152 Å². The third kappa shape index (κ3) is 6.74. The molecule has 1 atom stereocenters. The average molecular weight is 364 g/mol. The van der Waals surface area contributed by atoms with Gasteiger partial charge >= 0.3 is 12.1 Å². The molecule has 0 heterocycles. The largest absolute Gasteiger partial charge is 0.480 e. The zero-order valence-corrected chi connectivity index (χ0v) is 16.9. The molecule has 0 saturated heterocycles. The van der Waals surface area contributed by atoms with E-state index in [9.17, 15) is 14.7 Å². The predicted octanol–water partition coefficient (Wildman–Crippen LogP) is 3.63. The minimum atomic E-state index is -1.74. The molecule has 0 radical (unpaired) electrons. The summed E-state index contributed by atoms with van der Waals surface area (Å²) in [7, 11) is -1.74. The quantitative estimate of drug-likeness (QED) is 0.593. The smallest absolute Gasteiger partial charge is 0.402 e. The van der Waals surface area contributed by atoms with Crippen molar-refractivity contribution in [3.05, 3.63) is 48.0 Å². The number of ether oxygens (including phenoxy) is 1. The highest BCUT2D eigenvalue weighted by Crippen LogP contribution is 2.17. The summed E-state index contributed by atoms with van der Waals surface area (Å²) in [5.41, 5.74) is 1.34. The number of amides is 1. The molecule has 0 saturated carbocycles. The molecule has 0 aliphatic heterocycles. The van der Waals surface area contributed by atoms with Crippen molar-refractivity contribution < 1.29 is 19.4 Å². The molecule has 1 rings (SSSR count). The number of rotatable bonds is 7. The molecule has 1 aromatic carbocycles. The Balaban J connectivity index is 3.03. The molecule has 0 aliphatic carbocycles. The third-order valence-corrected chi connectivity index (χ3v) is 5.30. The van der Waals surface area contributed by atoms with E-state index in [0.29, 0.717) is 0 Å². The molecule has 1 unspecified atom stereocenters. The van der Waals surface area contributed by atoms with Gasteiger partial charge in [0.05, 0.1) is 0 Å². The molecule has 0 aliphatic rings. The summed E-state index contributed by atoms with van der Waals surface area (Å²) in [4.78, 5) is 24.4. The second-order valence-electron chi connectivity index (χ2n) is 7.35. The number of allylic oxidation sites excluding steroid dienone is 1. The van der Waals surface area contributed by atoms with E-state index in [1.165, 1.54) is 4.57 Å². The van der Waals surface area contributed by atoms with Crippen molar-refractivity contribution >= 4 is 21.0 Å². The van der Waals surface area contributed by atoms with Crippen molar-refractivity contribution in [1.29, 1.82) is 0 Å². The van der Waals surface area contributed by atoms with Gasteiger partial charge in [-0.3, -0.25) is 4.79 Å². The number of hydrogen-bond donors (Lipinski definition) is 1. The minimum Gasteiger partial charge on any atom is -0.480 e. The highest BCUT2D eigenvalue weighted by molar-refractivity contribution is 6.55. The Kier molecular flexibility index (Phi) is 7.42. The summed E-state index contributed by atoms with van der Waals surface area (Å²) in [6.45, 7) is 12.9. The molecule has 138 valence electrons. The number of benzene rings is 1. The van der Waals surface area contributed by atoms with Crippen molar-refractivity contribution in [1.82, 2.24) is 4.57 Å². The van der Waals surface area contributed by atoms with Gasteiger partial charge in [-0.15, -0.1) is 6.58 Å². The molecule has 1 amide bonds. The maximum Gasteiger partial charge on any atom is 0.402 e. The number of hydrogen-bond acceptors (Lipinski definition) is 3. The minimum absolute atomic E-state index is 0.258. The van der Waals surface area contributed by atoms with Crippen LogP contribution in [0.5, 0.6) is 0 Å². The maximum atomic E-state index is 12.5. The highest BCUT2D eigenvalue weighted by atomic mass is 28.3. The van der Waals surface area contributed by atoms with Gasteiger partial charge in [0.25, 0.3) is 0 Å². The van der Waals surface area contributed by atoms with E-state index in [4.69, 9.17) is 4.74 Å². The van der Waals surface area contributed by atoms with Gasteiger partial charge in [-0.05, 0) is 38.3 Å². The van der Waals surface area contributed by atoms with Crippen LogP contribution in [0.15, 0.2) is 36.9 Å². The fourth-order valence-corrected chi connectivity index (χ4v) is 3.95. The number of carbonyl (C=O) groups excluding carboxylic acids is 1. The van der Waals surface area contributed by atoms with Gasteiger partial charge in [0.15, 0.2) is 0 Å². The van der Waals surface area contributed by atoms with E-state index in [-0.39, 0.29) is 6.42 Å². The van der Waals surface area contributed by atoms with Crippen LogP contribution in [0.4, 0.5) is 4.79 Å². The first kappa shape index (κ1) is 21.0. The Hall–Kier alpha value is -2.08. The van der Waals surface area contributed by atoms with E-state index >= 15 is 0 Å². The van der Waals surface area contributed by atoms with Crippen LogP contribution >= 0.6 is 0 Å². The topological polar surface area (TPSA) is 66.8 Å². The maximum absolute atomic E-state index is 12.5. The standard InChI is InChI=1S/C19H29NO4Si/c1-7-8-14-9-11-15(12-10-14)13-16(17(21)22)20(25(5)6)18(23)24-19(2,3)4/h7,9-12,16,25H,1,8,13H2,2-6H3,(H,21,22). The third-order valence-electron chi connectivity index (χ3n) is 3.61. The highest BCUT2D eigenvalue weighted by Gasteiger charge is 2.34. The normalized spacial score (nSPS) is 12.6. The number of carboxylic acid groups (broad SMARTS) is 1. The number of carbonyl (C=O) groups is 2. The van der Waals surface area contributed by atoms with Crippen LogP contribution in [0, 0.1) is 0 Å². The number of aliphatic carboxylic acids is 1. The Morgan fingerprint density at radius 2 is 1.76 bits per heavy atom. The van der Waals surface area contributed by atoms with Crippen molar-refractivity contribution in [3.63, 3.8) is 0 Å². The summed E-state index contributed by atoms with van der Waals surface area (Å²) < 4.78 is 6.86. The summed E-state index contributed by atoms with van der Waals surface area (Å²) in [6, 6.07) is 6.81. The molecule has 1 N–H and O–H groups in total. The van der Waals surface area contributed by atoms with Crippen LogP contribution in [-0.2, 0) is 22.4 Å². The van der Waals surface area contributed by atoms with E-state index < -0.39 is 32.7 Å². The lowest BCUT2D eigenvalue weighted by atomic mass is 10.0. The zero-order chi connectivity index (χ0) is 19.2. The Morgan fingerprint density at radius 1 is 1.24 bits per heavy atom. The van der Waals surface area contributed by atoms with E-state index in [0.717, 1.165) is 17.5 Å². The Morgan fingerprint density at radius 3 is 2.16 bits per heavy atom. The second-order valence-corrected chi connectivity index (χ2v) is 10.1. The molecule has 0 aromatic heterocycles. The van der Waals surface area contributed by atoms with Crippen molar-refractivity contribution in [2.45, 2.75) is 58.3 Å². The van der Waals surface area contributed by atoms with Crippen LogP contribution < -0.4 is 0 Å². The van der Waals surface area contributed by atoms with Crippen molar-refractivity contribution in [3.8, 4) is 0 Å². The predicted molar refractivity (Wildman–Crippen MR) is 102 cm³/mol. The summed E-state index contributed by atoms with van der Waals surface area (Å²) in [5, 5.41) is 9.70. The van der Waals surface area contributed by atoms with Crippen LogP contribution in [0.2, 0.25) is 13.1 Å². The summed E-state index contributed by atoms with van der Waals surface area (Å²) >= 11 is 0. The zero-order valence-electron chi connectivity index (χ0n) is 15.8. The molecule has 5 nitrogen and oxygen atoms in total.